The Balaban J connectivity index is 1.50. The lowest BCUT2D eigenvalue weighted by atomic mass is 10.0. The van der Waals surface area contributed by atoms with E-state index < -0.39 is 0 Å². The second-order valence-electron chi connectivity index (χ2n) is 5.61. The zero-order valence-corrected chi connectivity index (χ0v) is 12.9. The number of H-pyrrole nitrogens is 1. The molecule has 1 aromatic carbocycles. The summed E-state index contributed by atoms with van der Waals surface area (Å²) in [7, 11) is 0. The van der Waals surface area contributed by atoms with Crippen molar-refractivity contribution >= 4 is 11.3 Å². The van der Waals surface area contributed by atoms with E-state index in [0.29, 0.717) is 6.04 Å². The van der Waals surface area contributed by atoms with Gasteiger partial charge >= 0.3 is 4.87 Å². The first-order valence-electron chi connectivity index (χ1n) is 7.46. The Labute approximate surface area is 128 Å². The molecular formula is C16H21N3OS. The fraction of sp³-hybridized carbons (Fsp3) is 0.438. The third kappa shape index (κ3) is 4.27. The molecule has 5 heteroatoms. The van der Waals surface area contributed by atoms with Crippen molar-refractivity contribution in [2.45, 2.75) is 32.0 Å². The summed E-state index contributed by atoms with van der Waals surface area (Å²) in [5, 5.41) is 5.46. The molecule has 21 heavy (non-hydrogen) atoms. The van der Waals surface area contributed by atoms with Crippen molar-refractivity contribution in [2.75, 3.05) is 13.1 Å². The Morgan fingerprint density at radius 3 is 2.95 bits per heavy atom. The second-order valence-corrected chi connectivity index (χ2v) is 6.46. The Bertz CT molecular complexity index is 607. The maximum atomic E-state index is 11.1. The third-order valence-electron chi connectivity index (χ3n) is 3.91. The lowest BCUT2D eigenvalue weighted by Gasteiger charge is -2.33. The topological polar surface area (TPSA) is 48.1 Å². The number of piperidine rings is 1. The molecule has 1 aromatic heterocycles. The van der Waals surface area contributed by atoms with Crippen molar-refractivity contribution < 1.29 is 0 Å². The van der Waals surface area contributed by atoms with Gasteiger partial charge in [-0.3, -0.25) is 9.69 Å². The molecule has 2 aromatic rings. The molecular weight excluding hydrogens is 282 g/mol. The van der Waals surface area contributed by atoms with Crippen molar-refractivity contribution in [3.8, 4) is 0 Å². The van der Waals surface area contributed by atoms with Gasteiger partial charge in [0.25, 0.3) is 0 Å². The van der Waals surface area contributed by atoms with Crippen LogP contribution in [0.1, 0.15) is 24.1 Å². The van der Waals surface area contributed by atoms with Crippen LogP contribution in [0.3, 0.4) is 0 Å². The van der Waals surface area contributed by atoms with Gasteiger partial charge in [0.2, 0.25) is 0 Å². The number of rotatable bonds is 5. The summed E-state index contributed by atoms with van der Waals surface area (Å²) in [4.78, 5) is 16.5. The summed E-state index contributed by atoms with van der Waals surface area (Å²) in [6.45, 7) is 4.02. The molecule has 4 nitrogen and oxygen atoms in total. The van der Waals surface area contributed by atoms with Crippen LogP contribution >= 0.6 is 11.3 Å². The van der Waals surface area contributed by atoms with E-state index in [4.69, 9.17) is 0 Å². The summed E-state index contributed by atoms with van der Waals surface area (Å²) in [5.41, 5.74) is 2.37. The highest BCUT2D eigenvalue weighted by molar-refractivity contribution is 7.07. The van der Waals surface area contributed by atoms with Crippen LogP contribution in [-0.2, 0) is 13.1 Å². The molecule has 2 N–H and O–H groups in total. The Morgan fingerprint density at radius 2 is 2.19 bits per heavy atom. The molecule has 0 spiro atoms. The van der Waals surface area contributed by atoms with Gasteiger partial charge in [0, 0.05) is 36.8 Å². The van der Waals surface area contributed by atoms with E-state index in [1.165, 1.54) is 36.3 Å². The molecule has 1 aliphatic heterocycles. The first-order chi connectivity index (χ1) is 10.3. The zero-order valence-electron chi connectivity index (χ0n) is 12.0. The fourth-order valence-corrected chi connectivity index (χ4v) is 3.44. The molecule has 1 fully saturated rings. The Morgan fingerprint density at radius 1 is 1.33 bits per heavy atom. The Kier molecular flexibility index (Phi) is 4.85. The van der Waals surface area contributed by atoms with E-state index in [-0.39, 0.29) is 4.87 Å². The summed E-state index contributed by atoms with van der Waals surface area (Å²) in [6, 6.07) is 11.1. The van der Waals surface area contributed by atoms with E-state index in [2.05, 4.69) is 45.5 Å². The number of aromatic nitrogens is 1. The van der Waals surface area contributed by atoms with Gasteiger partial charge in [0.1, 0.15) is 0 Å². The summed E-state index contributed by atoms with van der Waals surface area (Å²) >= 11 is 1.23. The molecule has 112 valence electrons. The molecule has 3 rings (SSSR count). The number of aromatic amines is 1. The minimum atomic E-state index is 0.0288. The number of hydrogen-bond acceptors (Lipinski definition) is 4. The largest absolute Gasteiger partial charge is 0.315 e. The molecule has 0 aliphatic carbocycles. The molecule has 0 radical (unpaired) electrons. The van der Waals surface area contributed by atoms with Crippen LogP contribution in [0, 0.1) is 0 Å². The highest BCUT2D eigenvalue weighted by Crippen LogP contribution is 2.14. The number of benzene rings is 1. The molecule has 0 bridgehead atoms. The molecule has 1 atom stereocenters. The average molecular weight is 303 g/mol. The maximum Gasteiger partial charge on any atom is 0.304 e. The van der Waals surface area contributed by atoms with Crippen molar-refractivity contribution in [1.82, 2.24) is 15.2 Å². The summed E-state index contributed by atoms with van der Waals surface area (Å²) < 4.78 is 0. The van der Waals surface area contributed by atoms with Crippen molar-refractivity contribution in [3.63, 3.8) is 0 Å². The monoisotopic (exact) mass is 303 g/mol. The number of thiazole rings is 1. The van der Waals surface area contributed by atoms with Crippen LogP contribution in [-0.4, -0.2) is 29.0 Å². The van der Waals surface area contributed by atoms with E-state index in [9.17, 15) is 4.79 Å². The van der Waals surface area contributed by atoms with Gasteiger partial charge < -0.3 is 10.3 Å². The quantitative estimate of drug-likeness (QED) is 0.890. The number of nitrogens with zero attached hydrogens (tertiary/aromatic N) is 1. The van der Waals surface area contributed by atoms with Crippen LogP contribution in [0.15, 0.2) is 40.5 Å². The highest BCUT2D eigenvalue weighted by Gasteiger charge is 2.19. The first-order valence-corrected chi connectivity index (χ1v) is 8.34. The summed E-state index contributed by atoms with van der Waals surface area (Å²) in [6.07, 6.45) is 2.43. The van der Waals surface area contributed by atoms with Gasteiger partial charge in [0.15, 0.2) is 0 Å². The number of likely N-dealkylation sites (tertiary alicyclic amines) is 1. The standard InChI is InChI=1S/C16H21N3OS/c20-16-18-15(12-21-16)9-17-14-7-4-8-19(11-14)10-13-5-2-1-3-6-13/h1-3,5-6,12,14,17H,4,7-11H2,(H,18,20). The van der Waals surface area contributed by atoms with Crippen molar-refractivity contribution in [1.29, 1.82) is 0 Å². The van der Waals surface area contributed by atoms with E-state index >= 15 is 0 Å². The number of nitrogens with one attached hydrogen (secondary N) is 2. The fourth-order valence-electron chi connectivity index (χ4n) is 2.86. The lowest BCUT2D eigenvalue weighted by Crippen LogP contribution is -2.45. The number of hydrogen-bond donors (Lipinski definition) is 2. The van der Waals surface area contributed by atoms with Crippen LogP contribution in [0.2, 0.25) is 0 Å². The van der Waals surface area contributed by atoms with Crippen LogP contribution in [0.4, 0.5) is 0 Å². The molecule has 1 unspecified atom stereocenters. The highest BCUT2D eigenvalue weighted by atomic mass is 32.1. The first kappa shape index (κ1) is 14.5. The molecule has 2 heterocycles. The molecule has 1 aliphatic rings. The Hall–Kier alpha value is -1.43. The smallest absolute Gasteiger partial charge is 0.304 e. The predicted molar refractivity (Wildman–Crippen MR) is 86.5 cm³/mol. The predicted octanol–water partition coefficient (Wildman–Crippen LogP) is 2.19. The normalized spacial score (nSPS) is 19.7. The van der Waals surface area contributed by atoms with Gasteiger partial charge in [-0.2, -0.15) is 0 Å². The minimum absolute atomic E-state index is 0.0288. The van der Waals surface area contributed by atoms with E-state index in [1.807, 2.05) is 5.38 Å². The molecule has 0 saturated carbocycles. The van der Waals surface area contributed by atoms with Gasteiger partial charge in [-0.25, -0.2) is 0 Å². The van der Waals surface area contributed by atoms with Crippen molar-refractivity contribution in [3.05, 3.63) is 56.6 Å². The minimum Gasteiger partial charge on any atom is -0.315 e. The van der Waals surface area contributed by atoms with E-state index in [0.717, 1.165) is 25.3 Å². The molecule has 0 amide bonds. The SMILES string of the molecule is O=c1[nH]c(CNC2CCCN(Cc3ccccc3)C2)cs1. The second kappa shape index (κ2) is 7.02. The van der Waals surface area contributed by atoms with Crippen LogP contribution in [0.25, 0.3) is 0 Å². The lowest BCUT2D eigenvalue weighted by molar-refractivity contribution is 0.182. The van der Waals surface area contributed by atoms with Crippen LogP contribution < -0.4 is 10.2 Å². The van der Waals surface area contributed by atoms with Crippen molar-refractivity contribution in [2.24, 2.45) is 0 Å². The van der Waals surface area contributed by atoms with Crippen LogP contribution in [0.5, 0.6) is 0 Å². The third-order valence-corrected chi connectivity index (χ3v) is 4.63. The van der Waals surface area contributed by atoms with E-state index in [1.54, 1.807) is 0 Å². The van der Waals surface area contributed by atoms with Gasteiger partial charge in [-0.1, -0.05) is 41.7 Å². The molecule has 1 saturated heterocycles. The van der Waals surface area contributed by atoms with Gasteiger partial charge in [-0.15, -0.1) is 0 Å². The summed E-state index contributed by atoms with van der Waals surface area (Å²) in [5.74, 6) is 0. The zero-order chi connectivity index (χ0) is 14.5. The average Bonchev–Trinajstić information content (AvgIpc) is 2.92. The maximum absolute atomic E-state index is 11.1. The van der Waals surface area contributed by atoms with Gasteiger partial charge in [-0.05, 0) is 24.9 Å². The van der Waals surface area contributed by atoms with Gasteiger partial charge in [0.05, 0.1) is 0 Å².